The van der Waals surface area contributed by atoms with Crippen LogP contribution in [0.5, 0.6) is 0 Å². The number of aliphatic carboxylic acids is 1. The lowest BCUT2D eigenvalue weighted by atomic mass is 10.1. The second-order valence-electron chi connectivity index (χ2n) is 5.24. The molecule has 5 nitrogen and oxygen atoms in total. The Hall–Kier alpha value is -1.10. The Balaban J connectivity index is 2.41. The van der Waals surface area contributed by atoms with Crippen LogP contribution in [0.2, 0.25) is 0 Å². The normalized spacial score (nSPS) is 23.6. The maximum absolute atomic E-state index is 12.0. The van der Waals surface area contributed by atoms with Gasteiger partial charge in [0.2, 0.25) is 5.91 Å². The number of amides is 1. The minimum absolute atomic E-state index is 0.0420. The number of carbonyl (C=O) groups is 2. The van der Waals surface area contributed by atoms with Crippen molar-refractivity contribution in [3.63, 3.8) is 0 Å². The number of nitrogens with zero attached hydrogens (tertiary/aromatic N) is 1. The largest absolute Gasteiger partial charge is 0.481 e. The quantitative estimate of drug-likeness (QED) is 0.746. The van der Waals surface area contributed by atoms with Crippen molar-refractivity contribution >= 4 is 11.9 Å². The average molecular weight is 256 g/mol. The number of hydrogen-bond donors (Lipinski definition) is 2. The van der Waals surface area contributed by atoms with Gasteiger partial charge in [0.05, 0.1) is 6.04 Å². The highest BCUT2D eigenvalue weighted by molar-refractivity contribution is 5.81. The van der Waals surface area contributed by atoms with E-state index in [9.17, 15) is 9.59 Å². The Morgan fingerprint density at radius 3 is 2.67 bits per heavy atom. The van der Waals surface area contributed by atoms with Crippen molar-refractivity contribution in [1.29, 1.82) is 0 Å². The molecule has 1 aliphatic heterocycles. The van der Waals surface area contributed by atoms with Gasteiger partial charge >= 0.3 is 5.97 Å². The van der Waals surface area contributed by atoms with Gasteiger partial charge in [-0.2, -0.15) is 0 Å². The number of carboxylic acid groups (broad SMARTS) is 1. The van der Waals surface area contributed by atoms with Gasteiger partial charge in [0.15, 0.2) is 0 Å². The van der Waals surface area contributed by atoms with Gasteiger partial charge in [0.1, 0.15) is 0 Å². The molecular formula is C13H24N2O3. The van der Waals surface area contributed by atoms with Crippen LogP contribution in [0.3, 0.4) is 0 Å². The number of likely N-dealkylation sites (tertiary alicyclic amines) is 1. The van der Waals surface area contributed by atoms with Crippen molar-refractivity contribution < 1.29 is 14.7 Å². The molecule has 1 saturated heterocycles. The fourth-order valence-corrected chi connectivity index (χ4v) is 2.26. The highest BCUT2D eigenvalue weighted by atomic mass is 16.4. The molecule has 1 fully saturated rings. The fourth-order valence-electron chi connectivity index (χ4n) is 2.26. The zero-order valence-corrected chi connectivity index (χ0v) is 11.5. The smallest absolute Gasteiger partial charge is 0.303 e. The molecule has 1 heterocycles. The summed E-state index contributed by atoms with van der Waals surface area (Å²) in [6, 6.07) is 0.0233. The average Bonchev–Trinajstić information content (AvgIpc) is 2.75. The van der Waals surface area contributed by atoms with E-state index in [1.54, 1.807) is 0 Å². The van der Waals surface area contributed by atoms with E-state index in [1.807, 2.05) is 20.8 Å². The summed E-state index contributed by atoms with van der Waals surface area (Å²) in [4.78, 5) is 24.7. The first-order valence-electron chi connectivity index (χ1n) is 6.70. The molecule has 2 N–H and O–H groups in total. The molecule has 1 aliphatic rings. The summed E-state index contributed by atoms with van der Waals surface area (Å²) in [6.07, 6.45) is 1.99. The summed E-state index contributed by atoms with van der Waals surface area (Å²) in [5.41, 5.74) is 0. The lowest BCUT2D eigenvalue weighted by Gasteiger charge is -2.25. The highest BCUT2D eigenvalue weighted by Crippen LogP contribution is 2.21. The molecule has 0 aromatic heterocycles. The summed E-state index contributed by atoms with van der Waals surface area (Å²) < 4.78 is 0. The summed E-state index contributed by atoms with van der Waals surface area (Å²) in [5, 5.41) is 11.7. The Morgan fingerprint density at radius 2 is 2.11 bits per heavy atom. The summed E-state index contributed by atoms with van der Waals surface area (Å²) in [7, 11) is 0. The van der Waals surface area contributed by atoms with Crippen LogP contribution in [0, 0.1) is 5.92 Å². The number of rotatable bonds is 6. The standard InChI is InChI=1S/C13H24N2O3/c1-4-9(2)14-13(18)10(3)15-6-5-11(8-15)7-12(16)17/h9-11H,4-8H2,1-3H3,(H,14,18)(H,16,17). The van der Waals surface area contributed by atoms with Crippen molar-refractivity contribution in [2.24, 2.45) is 5.92 Å². The van der Waals surface area contributed by atoms with Crippen LogP contribution in [-0.4, -0.2) is 47.1 Å². The Bertz CT molecular complexity index is 307. The summed E-state index contributed by atoms with van der Waals surface area (Å²) in [5.74, 6) is -0.528. The van der Waals surface area contributed by atoms with E-state index in [-0.39, 0.29) is 30.3 Å². The van der Waals surface area contributed by atoms with Crippen LogP contribution in [0.1, 0.15) is 40.0 Å². The van der Waals surface area contributed by atoms with Crippen molar-refractivity contribution in [3.05, 3.63) is 0 Å². The lowest BCUT2D eigenvalue weighted by molar-refractivity contribution is -0.138. The van der Waals surface area contributed by atoms with Crippen LogP contribution >= 0.6 is 0 Å². The Morgan fingerprint density at radius 1 is 1.44 bits per heavy atom. The van der Waals surface area contributed by atoms with Crippen LogP contribution < -0.4 is 5.32 Å². The van der Waals surface area contributed by atoms with E-state index in [1.165, 1.54) is 0 Å². The molecule has 0 radical (unpaired) electrons. The zero-order chi connectivity index (χ0) is 13.7. The van der Waals surface area contributed by atoms with Crippen molar-refractivity contribution in [1.82, 2.24) is 10.2 Å². The van der Waals surface area contributed by atoms with Crippen molar-refractivity contribution in [2.75, 3.05) is 13.1 Å². The van der Waals surface area contributed by atoms with E-state index in [4.69, 9.17) is 5.11 Å². The van der Waals surface area contributed by atoms with E-state index >= 15 is 0 Å². The summed E-state index contributed by atoms with van der Waals surface area (Å²) in [6.45, 7) is 7.44. The van der Waals surface area contributed by atoms with Crippen LogP contribution in [0.25, 0.3) is 0 Å². The molecule has 0 bridgehead atoms. The minimum atomic E-state index is -0.751. The van der Waals surface area contributed by atoms with Gasteiger partial charge in [-0.1, -0.05) is 6.92 Å². The fraction of sp³-hybridized carbons (Fsp3) is 0.846. The molecule has 0 saturated carbocycles. The van der Waals surface area contributed by atoms with E-state index < -0.39 is 5.97 Å². The molecule has 0 spiro atoms. The van der Waals surface area contributed by atoms with Gasteiger partial charge in [-0.15, -0.1) is 0 Å². The number of nitrogens with one attached hydrogen (secondary N) is 1. The molecule has 18 heavy (non-hydrogen) atoms. The van der Waals surface area contributed by atoms with Crippen molar-refractivity contribution in [3.8, 4) is 0 Å². The Kier molecular flexibility index (Phi) is 5.59. The van der Waals surface area contributed by atoms with E-state index in [2.05, 4.69) is 10.2 Å². The van der Waals surface area contributed by atoms with Gasteiger partial charge in [-0.3, -0.25) is 14.5 Å². The molecule has 3 unspecified atom stereocenters. The lowest BCUT2D eigenvalue weighted by Crippen LogP contribution is -2.46. The number of carboxylic acids is 1. The van der Waals surface area contributed by atoms with Crippen LogP contribution in [-0.2, 0) is 9.59 Å². The van der Waals surface area contributed by atoms with Gasteiger partial charge in [0.25, 0.3) is 0 Å². The van der Waals surface area contributed by atoms with Crippen molar-refractivity contribution in [2.45, 2.75) is 52.1 Å². The predicted molar refractivity (Wildman–Crippen MR) is 69.3 cm³/mol. The second-order valence-corrected chi connectivity index (χ2v) is 5.24. The maximum atomic E-state index is 12.0. The van der Waals surface area contributed by atoms with E-state index in [0.717, 1.165) is 19.4 Å². The maximum Gasteiger partial charge on any atom is 0.303 e. The third-order valence-electron chi connectivity index (χ3n) is 3.71. The monoisotopic (exact) mass is 256 g/mol. The third kappa shape index (κ3) is 4.29. The first kappa shape index (κ1) is 15.0. The molecule has 1 rings (SSSR count). The predicted octanol–water partition coefficient (Wildman–Crippen LogP) is 1.09. The molecule has 0 aromatic carbocycles. The molecule has 1 amide bonds. The van der Waals surface area contributed by atoms with Gasteiger partial charge < -0.3 is 10.4 Å². The van der Waals surface area contributed by atoms with Gasteiger partial charge in [-0.25, -0.2) is 0 Å². The number of hydrogen-bond acceptors (Lipinski definition) is 3. The zero-order valence-electron chi connectivity index (χ0n) is 11.5. The minimum Gasteiger partial charge on any atom is -0.481 e. The van der Waals surface area contributed by atoms with Gasteiger partial charge in [0, 0.05) is 19.0 Å². The molecule has 0 aliphatic carbocycles. The molecule has 5 heteroatoms. The summed E-state index contributed by atoms with van der Waals surface area (Å²) >= 11 is 0. The third-order valence-corrected chi connectivity index (χ3v) is 3.71. The van der Waals surface area contributed by atoms with Gasteiger partial charge in [-0.05, 0) is 39.2 Å². The highest BCUT2D eigenvalue weighted by Gasteiger charge is 2.30. The van der Waals surface area contributed by atoms with Crippen LogP contribution in [0.15, 0.2) is 0 Å². The molecular weight excluding hydrogens is 232 g/mol. The first-order chi connectivity index (χ1) is 8.43. The van der Waals surface area contributed by atoms with Crippen LogP contribution in [0.4, 0.5) is 0 Å². The topological polar surface area (TPSA) is 69.6 Å². The van der Waals surface area contributed by atoms with E-state index in [0.29, 0.717) is 6.54 Å². The Labute approximate surface area is 109 Å². The molecule has 3 atom stereocenters. The molecule has 104 valence electrons. The SMILES string of the molecule is CCC(C)NC(=O)C(C)N1CCC(CC(=O)O)C1. The second kappa shape index (κ2) is 6.73. The molecule has 0 aromatic rings. The first-order valence-corrected chi connectivity index (χ1v) is 6.70. The number of carbonyl (C=O) groups excluding carboxylic acids is 1.